The normalized spacial score (nSPS) is 13.1. The van der Waals surface area contributed by atoms with Gasteiger partial charge in [0.2, 0.25) is 0 Å². The fraction of sp³-hybridized carbons (Fsp3) is 0.0159. The molecule has 0 N–H and O–H groups in total. The van der Waals surface area contributed by atoms with Gasteiger partial charge in [-0.15, -0.1) is 0 Å². The first-order chi connectivity index (χ1) is 33.3. The number of fused-ring (bicyclic) bond motifs is 15. The van der Waals surface area contributed by atoms with Crippen molar-refractivity contribution in [2.24, 2.45) is 0 Å². The van der Waals surface area contributed by atoms with Crippen molar-refractivity contribution in [2.75, 3.05) is 9.80 Å². The van der Waals surface area contributed by atoms with Gasteiger partial charge < -0.3 is 19.3 Å². The van der Waals surface area contributed by atoms with E-state index in [1.54, 1.807) is 0 Å². The van der Waals surface area contributed by atoms with Crippen molar-refractivity contribution in [3.05, 3.63) is 265 Å². The van der Waals surface area contributed by atoms with Gasteiger partial charge in [-0.3, -0.25) is 0 Å². The summed E-state index contributed by atoms with van der Waals surface area (Å²) in [5, 5.41) is 4.55. The Morgan fingerprint density at radius 3 is 1.27 bits per heavy atom. The molecule has 0 radical (unpaired) electrons. The number of ether oxygens (including phenoxy) is 2. The quantitative estimate of drug-likeness (QED) is 0.166. The Kier molecular flexibility index (Phi) is 8.16. The molecular formula is C63H40N2O2. The van der Waals surface area contributed by atoms with E-state index in [-0.39, 0.29) is 0 Å². The van der Waals surface area contributed by atoms with E-state index in [2.05, 4.69) is 252 Å². The second-order valence-electron chi connectivity index (χ2n) is 17.5. The number of anilines is 6. The highest BCUT2D eigenvalue weighted by atomic mass is 16.6. The van der Waals surface area contributed by atoms with E-state index < -0.39 is 5.41 Å². The first-order valence-electron chi connectivity index (χ1n) is 22.9. The summed E-state index contributed by atoms with van der Waals surface area (Å²) in [7, 11) is 0. The van der Waals surface area contributed by atoms with E-state index in [0.717, 1.165) is 66.8 Å². The zero-order valence-electron chi connectivity index (χ0n) is 36.3. The van der Waals surface area contributed by atoms with Gasteiger partial charge in [-0.1, -0.05) is 188 Å². The highest BCUT2D eigenvalue weighted by Gasteiger charge is 2.53. The Hall–Kier alpha value is -8.86. The molecule has 0 saturated heterocycles. The molecule has 0 bridgehead atoms. The van der Waals surface area contributed by atoms with Crippen LogP contribution >= 0.6 is 0 Å². The third-order valence-electron chi connectivity index (χ3n) is 14.1. The number of nitrogens with zero attached hydrogens (tertiary/aromatic N) is 2. The summed E-state index contributed by atoms with van der Waals surface area (Å²) in [5.41, 5.74) is 14.9. The van der Waals surface area contributed by atoms with E-state index in [4.69, 9.17) is 9.47 Å². The number of benzene rings is 11. The average molecular weight is 857 g/mol. The predicted molar refractivity (Wildman–Crippen MR) is 274 cm³/mol. The topological polar surface area (TPSA) is 24.9 Å². The van der Waals surface area contributed by atoms with E-state index in [1.807, 2.05) is 0 Å². The molecular weight excluding hydrogens is 817 g/mol. The Bertz CT molecular complexity index is 3730. The van der Waals surface area contributed by atoms with Crippen LogP contribution in [0.2, 0.25) is 0 Å². The molecule has 2 aliphatic carbocycles. The van der Waals surface area contributed by atoms with Crippen LogP contribution < -0.4 is 19.3 Å². The van der Waals surface area contributed by atoms with E-state index in [9.17, 15) is 0 Å². The molecule has 1 aliphatic heterocycles. The van der Waals surface area contributed by atoms with Gasteiger partial charge in [-0.05, 0) is 104 Å². The Balaban J connectivity index is 1.07. The van der Waals surface area contributed by atoms with E-state index in [1.165, 1.54) is 33.4 Å². The molecule has 67 heavy (non-hydrogen) atoms. The van der Waals surface area contributed by atoms with Gasteiger partial charge in [0.1, 0.15) is 0 Å². The molecule has 14 rings (SSSR count). The maximum Gasteiger partial charge on any atom is 0.196 e. The molecule has 0 fully saturated rings. The van der Waals surface area contributed by atoms with Gasteiger partial charge in [0.05, 0.1) is 28.2 Å². The molecule has 11 aromatic carbocycles. The van der Waals surface area contributed by atoms with Crippen LogP contribution in [0, 0.1) is 0 Å². The fourth-order valence-electron chi connectivity index (χ4n) is 11.4. The third-order valence-corrected chi connectivity index (χ3v) is 14.1. The fourth-order valence-corrected chi connectivity index (χ4v) is 11.4. The van der Waals surface area contributed by atoms with Crippen LogP contribution in [0.1, 0.15) is 22.3 Å². The van der Waals surface area contributed by atoms with Crippen molar-refractivity contribution in [3.63, 3.8) is 0 Å². The number of rotatable bonds is 6. The van der Waals surface area contributed by atoms with Gasteiger partial charge in [-0.25, -0.2) is 0 Å². The molecule has 314 valence electrons. The highest BCUT2D eigenvalue weighted by Crippen LogP contribution is 2.68. The molecule has 4 heteroatoms. The molecule has 4 nitrogen and oxygen atoms in total. The first-order valence-corrected chi connectivity index (χ1v) is 22.9. The van der Waals surface area contributed by atoms with E-state index >= 15 is 0 Å². The molecule has 0 aromatic heterocycles. The van der Waals surface area contributed by atoms with Crippen LogP contribution in [0.5, 0.6) is 23.0 Å². The van der Waals surface area contributed by atoms with Crippen molar-refractivity contribution >= 4 is 55.7 Å². The molecule has 0 saturated carbocycles. The van der Waals surface area contributed by atoms with Gasteiger partial charge in [0, 0.05) is 27.7 Å². The monoisotopic (exact) mass is 856 g/mol. The highest BCUT2D eigenvalue weighted by molar-refractivity contribution is 6.04. The van der Waals surface area contributed by atoms with Crippen LogP contribution in [0.4, 0.5) is 34.1 Å². The van der Waals surface area contributed by atoms with Gasteiger partial charge >= 0.3 is 0 Å². The van der Waals surface area contributed by atoms with Crippen LogP contribution in [-0.4, -0.2) is 0 Å². The van der Waals surface area contributed by atoms with Crippen LogP contribution in [-0.2, 0) is 5.41 Å². The summed E-state index contributed by atoms with van der Waals surface area (Å²) >= 11 is 0. The lowest BCUT2D eigenvalue weighted by atomic mass is 9.70. The minimum absolute atomic E-state index is 0.542. The number of para-hydroxylation sites is 2. The minimum atomic E-state index is -0.542. The molecule has 0 atom stereocenters. The predicted octanol–water partition coefficient (Wildman–Crippen LogP) is 17.2. The van der Waals surface area contributed by atoms with Crippen molar-refractivity contribution in [2.45, 2.75) is 5.41 Å². The van der Waals surface area contributed by atoms with Gasteiger partial charge in [-0.2, -0.15) is 0 Å². The standard InChI is InChI=1S/C63H40N2O2/c1-3-23-43(24-4-1)64(54-35-17-21-41-19-7-9-27-45(41)54)56-38-39-57(65(44-25-5-2-6-26-44)55-36-18-22-42-20-8-10-28-46(42)55)61-60(56)66-58-40-37-53-59(62(58)67-61)49-31-13-16-34-52(49)63(53)50-32-14-11-29-47(50)48-30-12-15-33-51(48)63/h1-40H. The second kappa shape index (κ2) is 14.6. The lowest BCUT2D eigenvalue weighted by molar-refractivity contribution is 0.362. The lowest BCUT2D eigenvalue weighted by Crippen LogP contribution is -2.25. The minimum Gasteiger partial charge on any atom is -0.447 e. The summed E-state index contributed by atoms with van der Waals surface area (Å²) in [4.78, 5) is 4.64. The zero-order chi connectivity index (χ0) is 44.1. The number of hydrogen-bond acceptors (Lipinski definition) is 4. The van der Waals surface area contributed by atoms with Gasteiger partial charge in [0.15, 0.2) is 23.0 Å². The molecule has 0 unspecified atom stereocenters. The molecule has 1 spiro atoms. The van der Waals surface area contributed by atoms with Crippen LogP contribution in [0.15, 0.2) is 243 Å². The summed E-state index contributed by atoms with van der Waals surface area (Å²) < 4.78 is 15.3. The molecule has 3 aliphatic rings. The lowest BCUT2D eigenvalue weighted by Gasteiger charge is -2.35. The number of hydrogen-bond donors (Lipinski definition) is 0. The first kappa shape index (κ1) is 37.5. The van der Waals surface area contributed by atoms with Crippen molar-refractivity contribution in [1.82, 2.24) is 0 Å². The molecule has 1 heterocycles. The van der Waals surface area contributed by atoms with Crippen LogP contribution in [0.3, 0.4) is 0 Å². The second-order valence-corrected chi connectivity index (χ2v) is 17.5. The average Bonchev–Trinajstić information content (AvgIpc) is 3.87. The summed E-state index contributed by atoms with van der Waals surface area (Å²) in [5.74, 6) is 2.62. The largest absolute Gasteiger partial charge is 0.447 e. The third kappa shape index (κ3) is 5.35. The molecule has 11 aromatic rings. The van der Waals surface area contributed by atoms with Gasteiger partial charge in [0.25, 0.3) is 0 Å². The Morgan fingerprint density at radius 1 is 0.284 bits per heavy atom. The van der Waals surface area contributed by atoms with Crippen LogP contribution in [0.25, 0.3) is 43.8 Å². The summed E-state index contributed by atoms with van der Waals surface area (Å²) in [6, 6.07) is 86.9. The van der Waals surface area contributed by atoms with Crippen molar-refractivity contribution in [1.29, 1.82) is 0 Å². The van der Waals surface area contributed by atoms with Crippen molar-refractivity contribution in [3.8, 4) is 45.3 Å². The Labute approximate surface area is 388 Å². The SMILES string of the molecule is c1ccc(N(c2ccc(N(c3ccccc3)c3cccc4ccccc34)c3c2Oc2ccc4c(c2O3)-c2ccccc2C42c3ccccc3-c3ccccc32)c2cccc3ccccc23)cc1. The molecule has 0 amide bonds. The van der Waals surface area contributed by atoms with Crippen molar-refractivity contribution < 1.29 is 9.47 Å². The zero-order valence-corrected chi connectivity index (χ0v) is 36.3. The maximum atomic E-state index is 7.78. The summed E-state index contributed by atoms with van der Waals surface area (Å²) in [6.45, 7) is 0. The maximum absolute atomic E-state index is 7.78. The van der Waals surface area contributed by atoms with E-state index in [0.29, 0.717) is 23.0 Å². The summed E-state index contributed by atoms with van der Waals surface area (Å²) in [6.07, 6.45) is 0. The smallest absolute Gasteiger partial charge is 0.196 e. The Morgan fingerprint density at radius 2 is 0.716 bits per heavy atom.